The fourth-order valence-corrected chi connectivity index (χ4v) is 2.65. The van der Waals surface area contributed by atoms with E-state index in [9.17, 15) is 0 Å². The Balaban J connectivity index is 1.72. The fourth-order valence-electron chi connectivity index (χ4n) is 2.65. The quantitative estimate of drug-likeness (QED) is 0.899. The molecule has 1 aliphatic heterocycles. The summed E-state index contributed by atoms with van der Waals surface area (Å²) < 4.78 is 0. The molecule has 2 aromatic heterocycles. The molecule has 0 atom stereocenters. The number of nitrogen functional groups attached to an aromatic ring is 1. The fraction of sp³-hybridized carbons (Fsp3) is 0.333. The minimum Gasteiger partial charge on any atom is -0.396 e. The van der Waals surface area contributed by atoms with E-state index in [1.165, 1.54) is 5.56 Å². The zero-order valence-electron chi connectivity index (χ0n) is 11.7. The third kappa shape index (κ3) is 2.39. The minimum atomic E-state index is 0.745. The topological polar surface area (TPSA) is 58.3 Å². The number of nitrogens with two attached hydrogens (primary N) is 1. The lowest BCUT2D eigenvalue weighted by molar-refractivity contribution is 0.646. The number of anilines is 3. The molecule has 0 aromatic carbocycles. The van der Waals surface area contributed by atoms with E-state index in [-0.39, 0.29) is 0 Å². The maximum Gasteiger partial charge on any atom is 0.131 e. The second-order valence-corrected chi connectivity index (χ2v) is 5.05. The molecule has 0 aliphatic carbocycles. The maximum absolute atomic E-state index is 5.99. The predicted octanol–water partition coefficient (Wildman–Crippen LogP) is 1.69. The Morgan fingerprint density at radius 2 is 1.80 bits per heavy atom. The lowest BCUT2D eigenvalue weighted by atomic mass is 10.2. The summed E-state index contributed by atoms with van der Waals surface area (Å²) in [5.41, 5.74) is 9.04. The first-order valence-electron chi connectivity index (χ1n) is 6.87. The molecule has 1 saturated heterocycles. The van der Waals surface area contributed by atoms with E-state index in [2.05, 4.69) is 32.8 Å². The van der Waals surface area contributed by atoms with Crippen molar-refractivity contribution in [3.8, 4) is 0 Å². The Morgan fingerprint density at radius 3 is 2.50 bits per heavy atom. The number of rotatable bonds is 2. The van der Waals surface area contributed by atoms with Crippen molar-refractivity contribution in [3.05, 3.63) is 42.4 Å². The highest BCUT2D eigenvalue weighted by atomic mass is 15.3. The second kappa shape index (κ2) is 5.36. The van der Waals surface area contributed by atoms with Gasteiger partial charge in [-0.05, 0) is 24.6 Å². The van der Waals surface area contributed by atoms with Crippen LogP contribution in [0.5, 0.6) is 0 Å². The van der Waals surface area contributed by atoms with Gasteiger partial charge in [0, 0.05) is 38.6 Å². The Bertz CT molecular complexity index is 537. The van der Waals surface area contributed by atoms with Crippen LogP contribution in [-0.4, -0.2) is 36.1 Å². The van der Waals surface area contributed by atoms with Gasteiger partial charge < -0.3 is 15.5 Å². The highest BCUT2D eigenvalue weighted by molar-refractivity contribution is 5.66. The molecule has 5 nitrogen and oxygen atoms in total. The number of piperazine rings is 1. The van der Waals surface area contributed by atoms with Crippen LogP contribution in [0.3, 0.4) is 0 Å². The number of aromatic nitrogens is 2. The minimum absolute atomic E-state index is 0.745. The van der Waals surface area contributed by atoms with Gasteiger partial charge in [-0.2, -0.15) is 0 Å². The van der Waals surface area contributed by atoms with Crippen molar-refractivity contribution in [2.24, 2.45) is 0 Å². The van der Waals surface area contributed by atoms with E-state index in [1.807, 2.05) is 18.3 Å². The summed E-state index contributed by atoms with van der Waals surface area (Å²) in [5, 5.41) is 0. The van der Waals surface area contributed by atoms with Crippen LogP contribution in [0.2, 0.25) is 0 Å². The van der Waals surface area contributed by atoms with E-state index >= 15 is 0 Å². The lowest BCUT2D eigenvalue weighted by Crippen LogP contribution is -2.47. The molecule has 0 saturated carbocycles. The van der Waals surface area contributed by atoms with Crippen LogP contribution >= 0.6 is 0 Å². The number of pyridine rings is 2. The Morgan fingerprint density at radius 1 is 1.05 bits per heavy atom. The Hall–Kier alpha value is -2.30. The van der Waals surface area contributed by atoms with Crippen LogP contribution in [0.1, 0.15) is 5.56 Å². The monoisotopic (exact) mass is 269 g/mol. The van der Waals surface area contributed by atoms with Crippen molar-refractivity contribution < 1.29 is 0 Å². The zero-order valence-corrected chi connectivity index (χ0v) is 11.7. The Kier molecular flexibility index (Phi) is 3.41. The third-order valence-corrected chi connectivity index (χ3v) is 3.73. The van der Waals surface area contributed by atoms with Crippen molar-refractivity contribution in [2.45, 2.75) is 6.92 Å². The first-order chi connectivity index (χ1) is 9.75. The molecule has 104 valence electrons. The van der Waals surface area contributed by atoms with Gasteiger partial charge in [-0.1, -0.05) is 6.07 Å². The molecule has 0 bridgehead atoms. The zero-order chi connectivity index (χ0) is 13.9. The van der Waals surface area contributed by atoms with E-state index < -0.39 is 0 Å². The van der Waals surface area contributed by atoms with Gasteiger partial charge in [-0.15, -0.1) is 0 Å². The van der Waals surface area contributed by atoms with Crippen LogP contribution in [0.25, 0.3) is 0 Å². The van der Waals surface area contributed by atoms with Crippen molar-refractivity contribution in [3.63, 3.8) is 0 Å². The largest absolute Gasteiger partial charge is 0.396 e. The molecule has 20 heavy (non-hydrogen) atoms. The summed E-state index contributed by atoms with van der Waals surface area (Å²) in [6.07, 6.45) is 5.36. The van der Waals surface area contributed by atoms with E-state index in [4.69, 9.17) is 5.73 Å². The molecule has 2 aromatic rings. The van der Waals surface area contributed by atoms with Crippen molar-refractivity contribution in [1.82, 2.24) is 9.97 Å². The average Bonchev–Trinajstić information content (AvgIpc) is 2.49. The summed E-state index contributed by atoms with van der Waals surface area (Å²) >= 11 is 0. The number of aryl methyl sites for hydroxylation is 1. The van der Waals surface area contributed by atoms with Crippen LogP contribution in [0.15, 0.2) is 36.8 Å². The molecule has 5 heteroatoms. The van der Waals surface area contributed by atoms with Crippen molar-refractivity contribution >= 4 is 17.2 Å². The SMILES string of the molecule is Cc1cccnc1N1CCN(c2ccncc2N)CC1. The first kappa shape index (κ1) is 12.7. The molecule has 3 heterocycles. The van der Waals surface area contributed by atoms with Gasteiger partial charge >= 0.3 is 0 Å². The maximum atomic E-state index is 5.99. The highest BCUT2D eigenvalue weighted by Crippen LogP contribution is 2.24. The predicted molar refractivity (Wildman–Crippen MR) is 82.0 cm³/mol. The molecule has 2 N–H and O–H groups in total. The standard InChI is InChI=1S/C15H19N5/c1-12-3-2-5-18-15(12)20-9-7-19(8-10-20)14-4-6-17-11-13(14)16/h2-6,11H,7-10,16H2,1H3. The van der Waals surface area contributed by atoms with Crippen LogP contribution in [0, 0.1) is 6.92 Å². The van der Waals surface area contributed by atoms with Gasteiger partial charge in [0.2, 0.25) is 0 Å². The van der Waals surface area contributed by atoms with Gasteiger partial charge in [0.25, 0.3) is 0 Å². The van der Waals surface area contributed by atoms with Crippen LogP contribution < -0.4 is 15.5 Å². The van der Waals surface area contributed by atoms with Crippen molar-refractivity contribution in [2.75, 3.05) is 41.7 Å². The number of hydrogen-bond donors (Lipinski definition) is 1. The van der Waals surface area contributed by atoms with Gasteiger partial charge in [-0.3, -0.25) is 4.98 Å². The van der Waals surface area contributed by atoms with Gasteiger partial charge in [0.05, 0.1) is 17.6 Å². The van der Waals surface area contributed by atoms with Crippen LogP contribution in [-0.2, 0) is 0 Å². The summed E-state index contributed by atoms with van der Waals surface area (Å²) in [6.45, 7) is 5.92. The summed E-state index contributed by atoms with van der Waals surface area (Å²) in [6, 6.07) is 6.07. The first-order valence-corrected chi connectivity index (χ1v) is 6.87. The average molecular weight is 269 g/mol. The summed E-state index contributed by atoms with van der Waals surface area (Å²) in [4.78, 5) is 13.2. The number of nitrogens with zero attached hydrogens (tertiary/aromatic N) is 4. The molecule has 3 rings (SSSR count). The summed E-state index contributed by atoms with van der Waals surface area (Å²) in [5.74, 6) is 1.09. The summed E-state index contributed by atoms with van der Waals surface area (Å²) in [7, 11) is 0. The van der Waals surface area contributed by atoms with E-state index in [0.717, 1.165) is 43.4 Å². The normalized spacial score (nSPS) is 15.4. The molecule has 0 radical (unpaired) electrons. The third-order valence-electron chi connectivity index (χ3n) is 3.73. The van der Waals surface area contributed by atoms with Gasteiger partial charge in [0.15, 0.2) is 0 Å². The van der Waals surface area contributed by atoms with Crippen molar-refractivity contribution in [1.29, 1.82) is 0 Å². The highest BCUT2D eigenvalue weighted by Gasteiger charge is 2.20. The van der Waals surface area contributed by atoms with Gasteiger partial charge in [-0.25, -0.2) is 4.98 Å². The lowest BCUT2D eigenvalue weighted by Gasteiger charge is -2.37. The van der Waals surface area contributed by atoms with E-state index in [1.54, 1.807) is 12.4 Å². The smallest absolute Gasteiger partial charge is 0.131 e. The van der Waals surface area contributed by atoms with Crippen LogP contribution in [0.4, 0.5) is 17.2 Å². The molecular formula is C15H19N5. The molecule has 0 unspecified atom stereocenters. The van der Waals surface area contributed by atoms with E-state index in [0.29, 0.717) is 0 Å². The van der Waals surface area contributed by atoms with Gasteiger partial charge in [0.1, 0.15) is 5.82 Å². The molecule has 1 aliphatic rings. The molecular weight excluding hydrogens is 250 g/mol. The number of hydrogen-bond acceptors (Lipinski definition) is 5. The Labute approximate surface area is 119 Å². The second-order valence-electron chi connectivity index (χ2n) is 5.05. The molecule has 1 fully saturated rings. The molecule has 0 amide bonds. The molecule has 0 spiro atoms.